The van der Waals surface area contributed by atoms with Crippen molar-refractivity contribution in [3.8, 4) is 0 Å². The van der Waals surface area contributed by atoms with Gasteiger partial charge in [-0.05, 0) is 12.1 Å². The first kappa shape index (κ1) is 12.4. The van der Waals surface area contributed by atoms with Gasteiger partial charge in [0.15, 0.2) is 0 Å². The Morgan fingerprint density at radius 3 is 2.14 bits per heavy atom. The standard InChI is InChI=1S/C9H11NO2.H4N2/c1-10(2)8-6-4-3-5-7(8)9(11)12;1-2/h3-6H,1-2H3,(H,11,12);1-2H2. The normalized spacial score (nSPS) is 8.57. The Balaban J connectivity index is 0.000000791. The third-order valence-corrected chi connectivity index (χ3v) is 1.62. The molecule has 0 spiro atoms. The molecule has 0 amide bonds. The van der Waals surface area contributed by atoms with Gasteiger partial charge in [0, 0.05) is 14.1 Å². The van der Waals surface area contributed by atoms with Gasteiger partial charge in [-0.25, -0.2) is 4.79 Å². The largest absolute Gasteiger partial charge is 0.478 e. The number of anilines is 1. The Morgan fingerprint density at radius 1 is 1.29 bits per heavy atom. The molecule has 0 heterocycles. The van der Waals surface area contributed by atoms with Crippen molar-refractivity contribution in [1.82, 2.24) is 0 Å². The summed E-state index contributed by atoms with van der Waals surface area (Å²) in [5.74, 6) is 7.11. The molecular weight excluding hydrogens is 182 g/mol. The fourth-order valence-electron chi connectivity index (χ4n) is 1.04. The number of rotatable bonds is 2. The molecule has 5 nitrogen and oxygen atoms in total. The summed E-state index contributed by atoms with van der Waals surface area (Å²) in [6.07, 6.45) is 0. The molecule has 5 N–H and O–H groups in total. The van der Waals surface area contributed by atoms with E-state index in [0.717, 1.165) is 5.69 Å². The number of hydrogen-bond acceptors (Lipinski definition) is 4. The van der Waals surface area contributed by atoms with Crippen LogP contribution in [0.1, 0.15) is 10.4 Å². The Morgan fingerprint density at radius 2 is 1.79 bits per heavy atom. The van der Waals surface area contributed by atoms with Crippen LogP contribution in [0.5, 0.6) is 0 Å². The van der Waals surface area contributed by atoms with E-state index >= 15 is 0 Å². The van der Waals surface area contributed by atoms with E-state index in [4.69, 9.17) is 5.11 Å². The molecule has 0 aromatic heterocycles. The number of hydrazine groups is 1. The van der Waals surface area contributed by atoms with E-state index in [9.17, 15) is 4.79 Å². The second-order valence-electron chi connectivity index (χ2n) is 2.72. The fraction of sp³-hybridized carbons (Fsp3) is 0.222. The number of nitrogens with zero attached hydrogens (tertiary/aromatic N) is 1. The number of benzene rings is 1. The van der Waals surface area contributed by atoms with Gasteiger partial charge in [-0.2, -0.15) is 0 Å². The molecular formula is C9H15N3O2. The SMILES string of the molecule is CN(C)c1ccccc1C(=O)O.NN. The molecule has 1 aromatic rings. The number of carbonyl (C=O) groups is 1. The van der Waals surface area contributed by atoms with Crippen molar-refractivity contribution in [3.05, 3.63) is 29.8 Å². The van der Waals surface area contributed by atoms with Crippen LogP contribution in [0.4, 0.5) is 5.69 Å². The van der Waals surface area contributed by atoms with Crippen molar-refractivity contribution in [2.75, 3.05) is 19.0 Å². The number of aromatic carboxylic acids is 1. The van der Waals surface area contributed by atoms with Crippen molar-refractivity contribution in [2.45, 2.75) is 0 Å². The maximum Gasteiger partial charge on any atom is 0.337 e. The Kier molecular flexibility index (Phi) is 5.28. The maximum atomic E-state index is 10.7. The first-order valence-electron chi connectivity index (χ1n) is 3.96. The molecule has 1 rings (SSSR count). The van der Waals surface area contributed by atoms with Gasteiger partial charge in [0.1, 0.15) is 0 Å². The molecule has 0 aliphatic carbocycles. The molecule has 1 aromatic carbocycles. The third-order valence-electron chi connectivity index (χ3n) is 1.62. The maximum absolute atomic E-state index is 10.7. The van der Waals surface area contributed by atoms with Crippen LogP contribution in [0.2, 0.25) is 0 Å². The Labute approximate surface area is 82.9 Å². The zero-order chi connectivity index (χ0) is 11.1. The zero-order valence-corrected chi connectivity index (χ0v) is 8.27. The number of para-hydroxylation sites is 1. The molecule has 14 heavy (non-hydrogen) atoms. The molecule has 0 aliphatic rings. The lowest BCUT2D eigenvalue weighted by atomic mass is 10.2. The predicted molar refractivity (Wildman–Crippen MR) is 56.1 cm³/mol. The molecule has 0 fully saturated rings. The van der Waals surface area contributed by atoms with Crippen molar-refractivity contribution >= 4 is 11.7 Å². The molecule has 0 aliphatic heterocycles. The van der Waals surface area contributed by atoms with Gasteiger partial charge < -0.3 is 10.0 Å². The van der Waals surface area contributed by atoms with E-state index in [2.05, 4.69) is 11.7 Å². The summed E-state index contributed by atoms with van der Waals surface area (Å²) in [5, 5.41) is 8.79. The van der Waals surface area contributed by atoms with Crippen LogP contribution in [0.3, 0.4) is 0 Å². The summed E-state index contributed by atoms with van der Waals surface area (Å²) in [6.45, 7) is 0. The van der Waals surface area contributed by atoms with Gasteiger partial charge in [-0.3, -0.25) is 11.7 Å². The van der Waals surface area contributed by atoms with Crippen LogP contribution in [-0.4, -0.2) is 25.2 Å². The lowest BCUT2D eigenvalue weighted by Gasteiger charge is -2.14. The van der Waals surface area contributed by atoms with Crippen LogP contribution in [0.15, 0.2) is 24.3 Å². The molecule has 0 saturated heterocycles. The summed E-state index contributed by atoms with van der Waals surface area (Å²) in [6, 6.07) is 6.92. The van der Waals surface area contributed by atoms with Crippen LogP contribution in [0, 0.1) is 0 Å². The van der Waals surface area contributed by atoms with Crippen molar-refractivity contribution < 1.29 is 9.90 Å². The van der Waals surface area contributed by atoms with Crippen LogP contribution >= 0.6 is 0 Å². The highest BCUT2D eigenvalue weighted by Crippen LogP contribution is 2.17. The van der Waals surface area contributed by atoms with Gasteiger partial charge in [0.25, 0.3) is 0 Å². The summed E-state index contributed by atoms with van der Waals surface area (Å²) in [5.41, 5.74) is 1.06. The second kappa shape index (κ2) is 5.95. The van der Waals surface area contributed by atoms with Crippen LogP contribution in [0.25, 0.3) is 0 Å². The molecule has 5 heteroatoms. The summed E-state index contributed by atoms with van der Waals surface area (Å²) < 4.78 is 0. The van der Waals surface area contributed by atoms with Crippen molar-refractivity contribution in [1.29, 1.82) is 0 Å². The molecule has 0 bridgehead atoms. The minimum atomic E-state index is -0.890. The average molecular weight is 197 g/mol. The van der Waals surface area contributed by atoms with Crippen LogP contribution < -0.4 is 16.6 Å². The first-order chi connectivity index (χ1) is 6.63. The lowest BCUT2D eigenvalue weighted by Crippen LogP contribution is -2.13. The second-order valence-corrected chi connectivity index (χ2v) is 2.72. The third kappa shape index (κ3) is 3.04. The lowest BCUT2D eigenvalue weighted by molar-refractivity contribution is 0.0697. The number of carboxylic acid groups (broad SMARTS) is 1. The summed E-state index contributed by atoms with van der Waals surface area (Å²) in [7, 11) is 3.64. The van der Waals surface area contributed by atoms with Crippen molar-refractivity contribution in [2.24, 2.45) is 11.7 Å². The number of hydrogen-bond donors (Lipinski definition) is 3. The highest BCUT2D eigenvalue weighted by molar-refractivity contribution is 5.94. The Hall–Kier alpha value is -1.59. The monoisotopic (exact) mass is 197 g/mol. The molecule has 0 radical (unpaired) electrons. The van der Waals surface area contributed by atoms with Crippen molar-refractivity contribution in [3.63, 3.8) is 0 Å². The topological polar surface area (TPSA) is 92.6 Å². The van der Waals surface area contributed by atoms with Gasteiger partial charge in [0.2, 0.25) is 0 Å². The zero-order valence-electron chi connectivity index (χ0n) is 8.27. The summed E-state index contributed by atoms with van der Waals surface area (Å²) >= 11 is 0. The van der Waals surface area contributed by atoms with Crippen LogP contribution in [-0.2, 0) is 0 Å². The fourth-order valence-corrected chi connectivity index (χ4v) is 1.04. The van der Waals surface area contributed by atoms with E-state index < -0.39 is 5.97 Å². The predicted octanol–water partition coefficient (Wildman–Crippen LogP) is 0.270. The van der Waals surface area contributed by atoms with E-state index in [1.165, 1.54) is 0 Å². The van der Waals surface area contributed by atoms with Gasteiger partial charge in [0.05, 0.1) is 11.3 Å². The van der Waals surface area contributed by atoms with E-state index in [1.54, 1.807) is 23.1 Å². The van der Waals surface area contributed by atoms with Gasteiger partial charge in [-0.15, -0.1) is 0 Å². The average Bonchev–Trinajstić information content (AvgIpc) is 2.20. The van der Waals surface area contributed by atoms with Gasteiger partial charge in [-0.1, -0.05) is 12.1 Å². The first-order valence-corrected chi connectivity index (χ1v) is 3.96. The van der Waals surface area contributed by atoms with E-state index in [-0.39, 0.29) is 0 Å². The minimum Gasteiger partial charge on any atom is -0.478 e. The smallest absolute Gasteiger partial charge is 0.337 e. The van der Waals surface area contributed by atoms with E-state index in [0.29, 0.717) is 5.56 Å². The number of nitrogens with two attached hydrogens (primary N) is 2. The molecule has 0 saturated carbocycles. The Bertz CT molecular complexity index is 300. The molecule has 0 atom stereocenters. The van der Waals surface area contributed by atoms with Gasteiger partial charge >= 0.3 is 5.97 Å². The highest BCUT2D eigenvalue weighted by atomic mass is 16.4. The number of carboxylic acids is 1. The quantitative estimate of drug-likeness (QED) is 0.467. The summed E-state index contributed by atoms with van der Waals surface area (Å²) in [4.78, 5) is 12.5. The highest BCUT2D eigenvalue weighted by Gasteiger charge is 2.09. The minimum absolute atomic E-state index is 0.336. The van der Waals surface area contributed by atoms with E-state index in [1.807, 2.05) is 20.2 Å². The molecule has 0 unspecified atom stereocenters. The molecule has 78 valence electrons.